The highest BCUT2D eigenvalue weighted by Gasteiger charge is 2.61. The van der Waals surface area contributed by atoms with E-state index >= 15 is 0 Å². The topological polar surface area (TPSA) is 80.8 Å². The van der Waals surface area contributed by atoms with Gasteiger partial charge in [0, 0.05) is 70.0 Å². The lowest BCUT2D eigenvalue weighted by molar-refractivity contribution is -0.309. The van der Waals surface area contributed by atoms with Crippen molar-refractivity contribution in [2.24, 2.45) is 0 Å². The molecule has 8 rings (SSSR count). The molecule has 69 heavy (non-hydrogen) atoms. The van der Waals surface area contributed by atoms with Crippen LogP contribution in [0.15, 0.2) is 36.4 Å². The van der Waals surface area contributed by atoms with E-state index in [-0.39, 0.29) is 44.7 Å². The lowest BCUT2D eigenvalue weighted by Crippen LogP contribution is -2.54. The number of rotatable bonds is 7. The molecule has 0 aromatic heterocycles. The van der Waals surface area contributed by atoms with Crippen LogP contribution in [-0.2, 0) is 48.5 Å². The molecule has 6 heterocycles. The largest absolute Gasteiger partial charge is 0.434 e. The Hall–Kier alpha value is -4.02. The monoisotopic (exact) mass is 1000 g/mol. The third-order valence-corrected chi connectivity index (χ3v) is 14.9. The molecular weight excluding hydrogens is 941 g/mol. The fourth-order valence-corrected chi connectivity index (χ4v) is 11.1. The molecule has 2 aromatic carbocycles. The Morgan fingerprint density at radius 1 is 0.594 bits per heavy atom. The summed E-state index contributed by atoms with van der Waals surface area (Å²) in [5.41, 5.74) is 7.43. The molecule has 2 spiro atoms. The minimum atomic E-state index is -5.71. The number of fused-ring (bicyclic) bond motifs is 2. The van der Waals surface area contributed by atoms with Crippen molar-refractivity contribution in [2.75, 3.05) is 58.9 Å². The summed E-state index contributed by atoms with van der Waals surface area (Å²) < 4.78 is 161. The van der Waals surface area contributed by atoms with E-state index in [1.165, 1.54) is 33.4 Å². The number of halogens is 12. The number of piperidine rings is 2. The highest BCUT2D eigenvalue weighted by atomic mass is 19.4. The molecule has 0 atom stereocenters. The molecule has 2 aromatic rings. The van der Waals surface area contributed by atoms with Gasteiger partial charge in [0.25, 0.3) is 12.2 Å². The minimum absolute atomic E-state index is 0. The second kappa shape index (κ2) is 21.4. The number of hydrogen-bond donors (Lipinski definition) is 1. The lowest BCUT2D eigenvalue weighted by Gasteiger charge is -2.45. The molecule has 0 aliphatic carbocycles. The number of nitrogens with one attached hydrogen (secondary N) is 1. The van der Waals surface area contributed by atoms with E-state index in [9.17, 15) is 62.3 Å². The van der Waals surface area contributed by atoms with E-state index in [1.54, 1.807) is 0 Å². The van der Waals surface area contributed by atoms with Gasteiger partial charge in [-0.25, -0.2) is 9.59 Å². The van der Waals surface area contributed by atoms with Gasteiger partial charge in [0.05, 0.1) is 0 Å². The molecule has 388 valence electrons. The van der Waals surface area contributed by atoms with Crippen LogP contribution in [0.4, 0.5) is 62.3 Å². The number of ether oxygens (including phenoxy) is 2. The number of hydrogen-bond acceptors (Lipinski definition) is 8. The van der Waals surface area contributed by atoms with E-state index in [4.69, 9.17) is 0 Å². The van der Waals surface area contributed by atoms with Crippen LogP contribution in [0.25, 0.3) is 0 Å². The average Bonchev–Trinajstić information content (AvgIpc) is 3.85. The SMILES string of the molecule is C.CCN1CCc2cccc(CN3CCCC34CCN(C(=O)OC(C(F)(F)F)C(F)(F)F)CC4)c2C1.O=C(OC(C(F)(F)F)C(F)(F)F)N1CCC2(CCCN2Cc2cccc3c2CNCC3)CC1. The number of alkyl halides is 12. The molecule has 10 nitrogen and oxygen atoms in total. The summed E-state index contributed by atoms with van der Waals surface area (Å²) in [6, 6.07) is 12.7. The maximum Gasteiger partial charge on any atom is 0.434 e. The number of likely N-dealkylation sites (N-methyl/N-ethyl adjacent to an activating group) is 1. The fourth-order valence-electron chi connectivity index (χ4n) is 11.1. The molecule has 0 unspecified atom stereocenters. The average molecular weight is 1000 g/mol. The summed E-state index contributed by atoms with van der Waals surface area (Å²) in [7, 11) is 0. The number of amides is 2. The molecule has 22 heteroatoms. The first kappa shape index (κ1) is 54.3. The van der Waals surface area contributed by atoms with Crippen LogP contribution in [0.1, 0.15) is 99.1 Å². The van der Waals surface area contributed by atoms with Crippen LogP contribution in [0.2, 0.25) is 0 Å². The molecule has 0 saturated carbocycles. The van der Waals surface area contributed by atoms with Gasteiger partial charge in [-0.1, -0.05) is 50.7 Å². The summed E-state index contributed by atoms with van der Waals surface area (Å²) in [5.74, 6) is 0. The van der Waals surface area contributed by atoms with Crippen LogP contribution in [-0.4, -0.2) is 144 Å². The number of likely N-dealkylation sites (tertiary alicyclic amines) is 4. The van der Waals surface area contributed by atoms with Crippen LogP contribution < -0.4 is 5.32 Å². The second-order valence-corrected chi connectivity index (χ2v) is 18.8. The first-order valence-corrected chi connectivity index (χ1v) is 23.2. The maximum atomic E-state index is 12.8. The van der Waals surface area contributed by atoms with Crippen molar-refractivity contribution in [3.63, 3.8) is 0 Å². The van der Waals surface area contributed by atoms with Crippen LogP contribution in [0.5, 0.6) is 0 Å². The van der Waals surface area contributed by atoms with Crippen molar-refractivity contribution in [1.29, 1.82) is 0 Å². The zero-order valence-corrected chi connectivity index (χ0v) is 37.8. The van der Waals surface area contributed by atoms with E-state index in [0.29, 0.717) is 25.7 Å². The van der Waals surface area contributed by atoms with E-state index in [1.807, 2.05) is 0 Å². The molecule has 0 bridgehead atoms. The predicted octanol–water partition coefficient (Wildman–Crippen LogP) is 10.2. The van der Waals surface area contributed by atoms with Crippen molar-refractivity contribution in [3.05, 3.63) is 69.8 Å². The minimum Gasteiger partial charge on any atom is -0.426 e. The zero-order chi connectivity index (χ0) is 49.3. The quantitative estimate of drug-likeness (QED) is 0.275. The smallest absolute Gasteiger partial charge is 0.426 e. The van der Waals surface area contributed by atoms with Crippen LogP contribution in [0.3, 0.4) is 0 Å². The number of nitrogens with zero attached hydrogens (tertiary/aromatic N) is 5. The Morgan fingerprint density at radius 2 is 1.01 bits per heavy atom. The van der Waals surface area contributed by atoms with Gasteiger partial charge in [0.15, 0.2) is 0 Å². The number of carbonyl (C=O) groups is 2. The molecule has 6 aliphatic heterocycles. The molecule has 4 saturated heterocycles. The van der Waals surface area contributed by atoms with Gasteiger partial charge < -0.3 is 24.6 Å². The van der Waals surface area contributed by atoms with Gasteiger partial charge in [-0.15, -0.1) is 0 Å². The fraction of sp³-hybridized carbons (Fsp3) is 0.702. The summed E-state index contributed by atoms with van der Waals surface area (Å²) >= 11 is 0. The summed E-state index contributed by atoms with van der Waals surface area (Å²) in [6.45, 7) is 10.3. The van der Waals surface area contributed by atoms with Gasteiger partial charge in [-0.3, -0.25) is 14.7 Å². The molecule has 1 N–H and O–H groups in total. The number of carbonyl (C=O) groups excluding carboxylic acids is 2. The van der Waals surface area contributed by atoms with Crippen molar-refractivity contribution in [3.8, 4) is 0 Å². The first-order chi connectivity index (χ1) is 31.9. The molecular formula is C47H62F12N6O4. The summed E-state index contributed by atoms with van der Waals surface area (Å²) in [5, 5.41) is 3.40. The van der Waals surface area contributed by atoms with Crippen molar-refractivity contribution >= 4 is 12.2 Å². The molecule has 0 radical (unpaired) electrons. The number of benzene rings is 2. The van der Waals surface area contributed by atoms with Gasteiger partial charge >= 0.3 is 36.9 Å². The van der Waals surface area contributed by atoms with E-state index in [2.05, 4.69) is 72.8 Å². The molecule has 6 aliphatic rings. The van der Waals surface area contributed by atoms with Crippen LogP contribution in [0, 0.1) is 0 Å². The Balaban J connectivity index is 0.000000224. The van der Waals surface area contributed by atoms with Gasteiger partial charge in [0.1, 0.15) is 0 Å². The molecule has 2 amide bonds. The highest BCUT2D eigenvalue weighted by molar-refractivity contribution is 5.68. The van der Waals surface area contributed by atoms with Crippen molar-refractivity contribution < 1.29 is 71.7 Å². The summed E-state index contributed by atoms with van der Waals surface area (Å²) in [4.78, 5) is 33.4. The van der Waals surface area contributed by atoms with Gasteiger partial charge in [-0.05, 0) is 124 Å². The third-order valence-electron chi connectivity index (χ3n) is 14.9. The second-order valence-electron chi connectivity index (χ2n) is 18.8. The Labute approximate surface area is 394 Å². The Kier molecular flexibility index (Phi) is 16.8. The van der Waals surface area contributed by atoms with Crippen molar-refractivity contribution in [2.45, 2.75) is 153 Å². The van der Waals surface area contributed by atoms with Crippen molar-refractivity contribution in [1.82, 2.24) is 29.8 Å². The van der Waals surface area contributed by atoms with Gasteiger partial charge in [-0.2, -0.15) is 52.7 Å². The van der Waals surface area contributed by atoms with Crippen LogP contribution >= 0.6 is 0 Å². The highest BCUT2D eigenvalue weighted by Crippen LogP contribution is 2.43. The normalized spacial score (nSPS) is 21.2. The summed E-state index contributed by atoms with van der Waals surface area (Å²) in [6.07, 6.45) is -26.6. The third kappa shape index (κ3) is 12.5. The predicted molar refractivity (Wildman–Crippen MR) is 231 cm³/mol. The first-order valence-electron chi connectivity index (χ1n) is 23.2. The van der Waals surface area contributed by atoms with Gasteiger partial charge in [0.2, 0.25) is 0 Å². The van der Waals surface area contributed by atoms with E-state index < -0.39 is 49.1 Å². The Bertz CT molecular complexity index is 2040. The van der Waals surface area contributed by atoms with E-state index in [0.717, 1.165) is 107 Å². The lowest BCUT2D eigenvalue weighted by atomic mass is 9.84. The zero-order valence-electron chi connectivity index (χ0n) is 37.8. The Morgan fingerprint density at radius 3 is 1.43 bits per heavy atom. The standard InChI is InChI=1S/C24H31F6N3O2.C22H27F6N3O2.CH4/c1-2-31-12-7-17-5-3-6-18(19(17)16-31)15-33-11-4-8-22(33)9-13-32(14-10-22)21(34)35-20(23(25,26)27)24(28,29)30;23-21(24,25)18(22(26,27)28)33-19(32)30-11-7-20(8-12-30)6-2-10-31(20)14-16-4-1-3-15-5-9-29-13-17(15)16;/h3,5-6,20H,2,4,7-16H2,1H3;1,3-4,18,29H,2,5-14H2;1H4. The maximum absolute atomic E-state index is 12.8. The molecule has 4 fully saturated rings.